The van der Waals surface area contributed by atoms with E-state index in [1.807, 2.05) is 31.2 Å². The number of benzene rings is 2. The Morgan fingerprint density at radius 2 is 1.81 bits per heavy atom. The molecule has 0 spiro atoms. The molecule has 0 aromatic heterocycles. The average molecular weight is 285 g/mol. The van der Waals surface area contributed by atoms with Crippen molar-refractivity contribution in [2.24, 2.45) is 0 Å². The maximum absolute atomic E-state index is 12.4. The number of amides is 1. The molecule has 2 rings (SSSR count). The molecule has 0 aliphatic carbocycles. The summed E-state index contributed by atoms with van der Waals surface area (Å²) in [7, 11) is 1.62. The van der Waals surface area contributed by atoms with E-state index in [0.29, 0.717) is 5.69 Å². The molecule has 21 heavy (non-hydrogen) atoms. The fourth-order valence-corrected chi connectivity index (χ4v) is 1.91. The second-order valence-electron chi connectivity index (χ2n) is 4.73. The van der Waals surface area contributed by atoms with Gasteiger partial charge in [0.05, 0.1) is 4.92 Å². The number of carbonyl (C=O) groups excluding carboxylic acids is 1. The van der Waals surface area contributed by atoms with E-state index in [0.717, 1.165) is 5.56 Å². The third-order valence-electron chi connectivity index (χ3n) is 3.20. The third kappa shape index (κ3) is 3.00. The van der Waals surface area contributed by atoms with Crippen LogP contribution in [0.5, 0.6) is 0 Å². The maximum atomic E-state index is 12.4. The highest BCUT2D eigenvalue weighted by atomic mass is 16.6. The van der Waals surface area contributed by atoms with E-state index in [9.17, 15) is 14.9 Å². The average Bonchev–Trinajstić information content (AvgIpc) is 2.46. The first-order valence-electron chi connectivity index (χ1n) is 6.29. The molecule has 2 N–H and O–H groups in total. The van der Waals surface area contributed by atoms with Crippen LogP contribution in [0.3, 0.4) is 0 Å². The number of aryl methyl sites for hydroxylation is 1. The zero-order valence-electron chi connectivity index (χ0n) is 11.7. The van der Waals surface area contributed by atoms with Crippen LogP contribution in [0.15, 0.2) is 42.5 Å². The molecule has 0 aliphatic heterocycles. The molecule has 0 bridgehead atoms. The predicted octanol–water partition coefficient (Wildman–Crippen LogP) is 2.76. The summed E-state index contributed by atoms with van der Waals surface area (Å²) >= 11 is 0. The van der Waals surface area contributed by atoms with Crippen LogP contribution in [0.25, 0.3) is 0 Å². The molecule has 0 radical (unpaired) electrons. The number of rotatable bonds is 3. The lowest BCUT2D eigenvalue weighted by atomic mass is 10.1. The van der Waals surface area contributed by atoms with Crippen LogP contribution in [-0.2, 0) is 0 Å². The third-order valence-corrected chi connectivity index (χ3v) is 3.20. The molecule has 2 aromatic carbocycles. The minimum absolute atomic E-state index is 0.0366. The van der Waals surface area contributed by atoms with Gasteiger partial charge in [0, 0.05) is 24.4 Å². The Balaban J connectivity index is 2.33. The standard InChI is InChI=1S/C15H15N3O3/c1-10-3-6-12(7-4-10)17(2)15(19)11-5-8-13(16)14(9-11)18(20)21/h3-9H,16H2,1-2H3. The van der Waals surface area contributed by atoms with Gasteiger partial charge in [-0.2, -0.15) is 0 Å². The monoisotopic (exact) mass is 285 g/mol. The summed E-state index contributed by atoms with van der Waals surface area (Å²) in [6.45, 7) is 1.95. The Morgan fingerprint density at radius 3 is 2.38 bits per heavy atom. The van der Waals surface area contributed by atoms with Crippen molar-refractivity contribution in [3.63, 3.8) is 0 Å². The molecule has 0 aliphatic rings. The van der Waals surface area contributed by atoms with Crippen LogP contribution >= 0.6 is 0 Å². The van der Waals surface area contributed by atoms with Gasteiger partial charge in [-0.05, 0) is 31.2 Å². The summed E-state index contributed by atoms with van der Waals surface area (Å²) in [4.78, 5) is 24.1. The number of carbonyl (C=O) groups is 1. The Hall–Kier alpha value is -2.89. The van der Waals surface area contributed by atoms with Gasteiger partial charge >= 0.3 is 0 Å². The molecule has 6 heteroatoms. The van der Waals surface area contributed by atoms with Crippen molar-refractivity contribution < 1.29 is 9.72 Å². The predicted molar refractivity (Wildman–Crippen MR) is 81.4 cm³/mol. The van der Waals surface area contributed by atoms with Gasteiger partial charge in [-0.15, -0.1) is 0 Å². The smallest absolute Gasteiger partial charge is 0.292 e. The lowest BCUT2D eigenvalue weighted by Gasteiger charge is -2.17. The molecule has 0 fully saturated rings. The highest BCUT2D eigenvalue weighted by molar-refractivity contribution is 6.06. The van der Waals surface area contributed by atoms with Crippen molar-refractivity contribution >= 4 is 23.0 Å². The molecular weight excluding hydrogens is 270 g/mol. The van der Waals surface area contributed by atoms with E-state index >= 15 is 0 Å². The minimum atomic E-state index is -0.599. The van der Waals surface area contributed by atoms with Crippen molar-refractivity contribution in [1.29, 1.82) is 0 Å². The summed E-state index contributed by atoms with van der Waals surface area (Å²) < 4.78 is 0. The number of hydrogen-bond acceptors (Lipinski definition) is 4. The Bertz CT molecular complexity index is 696. The van der Waals surface area contributed by atoms with Crippen molar-refractivity contribution in [2.45, 2.75) is 6.92 Å². The van der Waals surface area contributed by atoms with Gasteiger partial charge in [0.15, 0.2) is 0 Å². The summed E-state index contributed by atoms with van der Waals surface area (Å²) in [5, 5.41) is 10.9. The topological polar surface area (TPSA) is 89.5 Å². The van der Waals surface area contributed by atoms with Gasteiger partial charge in [0.2, 0.25) is 0 Å². The number of nitro benzene ring substituents is 1. The molecule has 0 heterocycles. The fourth-order valence-electron chi connectivity index (χ4n) is 1.91. The molecule has 6 nitrogen and oxygen atoms in total. The zero-order chi connectivity index (χ0) is 15.6. The van der Waals surface area contributed by atoms with E-state index in [1.54, 1.807) is 7.05 Å². The van der Waals surface area contributed by atoms with Crippen molar-refractivity contribution in [2.75, 3.05) is 17.7 Å². The second kappa shape index (κ2) is 5.62. The lowest BCUT2D eigenvalue weighted by molar-refractivity contribution is -0.383. The molecule has 0 atom stereocenters. The largest absolute Gasteiger partial charge is 0.393 e. The van der Waals surface area contributed by atoms with Gasteiger partial charge in [0.25, 0.3) is 11.6 Å². The summed E-state index contributed by atoms with van der Waals surface area (Å²) in [5.74, 6) is -0.332. The van der Waals surface area contributed by atoms with E-state index < -0.39 is 4.92 Å². The molecule has 1 amide bonds. The van der Waals surface area contributed by atoms with Crippen LogP contribution < -0.4 is 10.6 Å². The lowest BCUT2D eigenvalue weighted by Crippen LogP contribution is -2.26. The Labute approximate surface area is 121 Å². The molecule has 0 unspecified atom stereocenters. The summed E-state index contributed by atoms with van der Waals surface area (Å²) in [5.41, 5.74) is 7.32. The molecule has 108 valence electrons. The first kappa shape index (κ1) is 14.5. The van der Waals surface area contributed by atoms with Crippen LogP contribution in [0.1, 0.15) is 15.9 Å². The zero-order valence-corrected chi connectivity index (χ0v) is 11.7. The van der Waals surface area contributed by atoms with Gasteiger partial charge in [0.1, 0.15) is 5.69 Å². The Kier molecular flexibility index (Phi) is 3.89. The highest BCUT2D eigenvalue weighted by Gasteiger charge is 2.18. The summed E-state index contributed by atoms with van der Waals surface area (Å²) in [6, 6.07) is 11.5. The van der Waals surface area contributed by atoms with E-state index in [2.05, 4.69) is 0 Å². The van der Waals surface area contributed by atoms with Crippen LogP contribution in [-0.4, -0.2) is 17.9 Å². The number of nitro groups is 1. The van der Waals surface area contributed by atoms with Gasteiger partial charge in [-0.1, -0.05) is 17.7 Å². The first-order chi connectivity index (χ1) is 9.90. The normalized spacial score (nSPS) is 10.2. The highest BCUT2D eigenvalue weighted by Crippen LogP contribution is 2.24. The molecule has 2 aromatic rings. The molecule has 0 saturated carbocycles. The number of nitrogens with two attached hydrogens (primary N) is 1. The van der Waals surface area contributed by atoms with Crippen molar-refractivity contribution in [3.8, 4) is 0 Å². The molecule has 0 saturated heterocycles. The number of nitrogens with zero attached hydrogens (tertiary/aromatic N) is 2. The van der Waals surface area contributed by atoms with E-state index in [1.165, 1.54) is 23.1 Å². The van der Waals surface area contributed by atoms with Crippen molar-refractivity contribution in [3.05, 3.63) is 63.7 Å². The van der Waals surface area contributed by atoms with Crippen LogP contribution in [0.2, 0.25) is 0 Å². The van der Waals surface area contributed by atoms with Gasteiger partial charge in [-0.25, -0.2) is 0 Å². The maximum Gasteiger partial charge on any atom is 0.292 e. The van der Waals surface area contributed by atoms with Crippen LogP contribution in [0.4, 0.5) is 17.1 Å². The van der Waals surface area contributed by atoms with E-state index in [-0.39, 0.29) is 22.8 Å². The van der Waals surface area contributed by atoms with Crippen molar-refractivity contribution in [1.82, 2.24) is 0 Å². The minimum Gasteiger partial charge on any atom is -0.393 e. The summed E-state index contributed by atoms with van der Waals surface area (Å²) in [6.07, 6.45) is 0. The molecular formula is C15H15N3O3. The number of nitrogen functional groups attached to an aromatic ring is 1. The van der Waals surface area contributed by atoms with E-state index in [4.69, 9.17) is 5.73 Å². The quantitative estimate of drug-likeness (QED) is 0.533. The van der Waals surface area contributed by atoms with Gasteiger partial charge in [-0.3, -0.25) is 14.9 Å². The first-order valence-corrected chi connectivity index (χ1v) is 6.29. The Morgan fingerprint density at radius 1 is 1.19 bits per heavy atom. The fraction of sp³-hybridized carbons (Fsp3) is 0.133. The number of anilines is 2. The second-order valence-corrected chi connectivity index (χ2v) is 4.73. The van der Waals surface area contributed by atoms with Crippen LogP contribution in [0, 0.1) is 17.0 Å². The van der Waals surface area contributed by atoms with Gasteiger partial charge < -0.3 is 10.6 Å². The number of hydrogen-bond donors (Lipinski definition) is 1. The SMILES string of the molecule is Cc1ccc(N(C)C(=O)c2ccc(N)c([N+](=O)[O-])c2)cc1.